The predicted octanol–water partition coefficient (Wildman–Crippen LogP) is 5.46. The molecule has 1 aromatic carbocycles. The van der Waals surface area contributed by atoms with Gasteiger partial charge in [0.15, 0.2) is 5.79 Å². The van der Waals surface area contributed by atoms with Gasteiger partial charge < -0.3 is 13.9 Å². The minimum absolute atomic E-state index is 0.636. The van der Waals surface area contributed by atoms with Crippen LogP contribution in [-0.2, 0) is 15.3 Å². The van der Waals surface area contributed by atoms with E-state index in [-0.39, 0.29) is 0 Å². The molecular weight excluding hydrogens is 304 g/mol. The van der Waals surface area contributed by atoms with Crippen LogP contribution in [0.25, 0.3) is 0 Å². The molecule has 1 aromatic rings. The van der Waals surface area contributed by atoms with Crippen LogP contribution in [0.5, 0.6) is 5.75 Å². The third-order valence-corrected chi connectivity index (χ3v) is 9.68. The molecule has 0 amide bonds. The first-order valence-electron chi connectivity index (χ1n) is 9.21. The molecule has 2 rings (SSSR count). The lowest BCUT2D eigenvalue weighted by atomic mass is 10.0. The van der Waals surface area contributed by atoms with E-state index >= 15 is 0 Å². The molecule has 1 heterocycles. The van der Waals surface area contributed by atoms with Crippen molar-refractivity contribution in [2.75, 3.05) is 13.2 Å². The highest BCUT2D eigenvalue weighted by Gasteiger charge is 2.39. The molecule has 0 radical (unpaired) electrons. The van der Waals surface area contributed by atoms with Gasteiger partial charge in [-0.2, -0.15) is 0 Å². The van der Waals surface area contributed by atoms with E-state index in [0.29, 0.717) is 0 Å². The van der Waals surface area contributed by atoms with Crippen LogP contribution >= 0.6 is 0 Å². The fraction of sp³-hybridized carbons (Fsp3) is 0.684. The lowest BCUT2D eigenvalue weighted by Crippen LogP contribution is -2.42. The van der Waals surface area contributed by atoms with E-state index in [1.54, 1.807) is 0 Å². The monoisotopic (exact) mass is 336 g/mol. The fourth-order valence-electron chi connectivity index (χ4n) is 3.48. The molecule has 1 aliphatic heterocycles. The van der Waals surface area contributed by atoms with E-state index in [4.69, 9.17) is 13.9 Å². The van der Waals surface area contributed by atoms with E-state index in [0.717, 1.165) is 49.5 Å². The van der Waals surface area contributed by atoms with Crippen molar-refractivity contribution in [1.82, 2.24) is 0 Å². The van der Waals surface area contributed by atoms with Crippen molar-refractivity contribution in [2.24, 2.45) is 0 Å². The SMILES string of the molecule is CCC[Si](CC)(CC)Oc1ccccc1C1(CC)OCCCO1. The number of para-hydroxylation sites is 1. The van der Waals surface area contributed by atoms with Crippen molar-refractivity contribution in [1.29, 1.82) is 0 Å². The van der Waals surface area contributed by atoms with Crippen molar-refractivity contribution in [3.05, 3.63) is 29.8 Å². The summed E-state index contributed by atoms with van der Waals surface area (Å²) in [6.07, 6.45) is 2.94. The van der Waals surface area contributed by atoms with E-state index < -0.39 is 14.1 Å². The standard InChI is InChI=1S/C19H32O3Si/c1-5-16-23(7-3,8-4)22-18-13-10-9-12-17(18)19(6-2)20-14-11-15-21-19/h9-10,12-13H,5-8,11,14-16H2,1-4H3. The van der Waals surface area contributed by atoms with Gasteiger partial charge in [-0.15, -0.1) is 0 Å². The van der Waals surface area contributed by atoms with Gasteiger partial charge in [-0.3, -0.25) is 0 Å². The van der Waals surface area contributed by atoms with E-state index in [2.05, 4.69) is 52.0 Å². The number of hydrogen-bond acceptors (Lipinski definition) is 3. The van der Waals surface area contributed by atoms with Gasteiger partial charge in [0.1, 0.15) is 5.75 Å². The molecule has 0 N–H and O–H groups in total. The van der Waals surface area contributed by atoms with Crippen molar-refractivity contribution < 1.29 is 13.9 Å². The van der Waals surface area contributed by atoms with Gasteiger partial charge in [0.25, 0.3) is 8.32 Å². The average Bonchev–Trinajstić information content (AvgIpc) is 2.62. The van der Waals surface area contributed by atoms with Crippen LogP contribution in [0.4, 0.5) is 0 Å². The summed E-state index contributed by atoms with van der Waals surface area (Å²) in [5.74, 6) is 0.336. The lowest BCUT2D eigenvalue weighted by molar-refractivity contribution is -0.278. The Labute approximate surface area is 142 Å². The molecule has 0 atom stereocenters. The molecule has 0 bridgehead atoms. The largest absolute Gasteiger partial charge is 0.543 e. The minimum atomic E-state index is -1.74. The van der Waals surface area contributed by atoms with Crippen molar-refractivity contribution >= 4 is 8.32 Å². The molecule has 0 aromatic heterocycles. The first-order chi connectivity index (χ1) is 11.2. The van der Waals surface area contributed by atoms with E-state index in [9.17, 15) is 0 Å². The highest BCUT2D eigenvalue weighted by atomic mass is 28.4. The van der Waals surface area contributed by atoms with Gasteiger partial charge in [0.2, 0.25) is 0 Å². The molecule has 0 saturated carbocycles. The Balaban J connectivity index is 2.36. The Bertz CT molecular complexity index is 479. The summed E-state index contributed by atoms with van der Waals surface area (Å²) < 4.78 is 18.9. The Hall–Kier alpha value is -0.843. The highest BCUT2D eigenvalue weighted by Crippen LogP contribution is 2.41. The molecule has 23 heavy (non-hydrogen) atoms. The van der Waals surface area contributed by atoms with Crippen LogP contribution in [0, 0.1) is 0 Å². The van der Waals surface area contributed by atoms with Gasteiger partial charge in [0, 0.05) is 6.42 Å². The summed E-state index contributed by atoms with van der Waals surface area (Å²) in [5.41, 5.74) is 1.07. The van der Waals surface area contributed by atoms with Crippen LogP contribution in [0.3, 0.4) is 0 Å². The summed E-state index contributed by atoms with van der Waals surface area (Å²) in [4.78, 5) is 0. The zero-order chi connectivity index (χ0) is 16.8. The highest BCUT2D eigenvalue weighted by molar-refractivity contribution is 6.74. The van der Waals surface area contributed by atoms with E-state index in [1.165, 1.54) is 12.5 Å². The van der Waals surface area contributed by atoms with Crippen LogP contribution in [0.1, 0.15) is 52.5 Å². The quantitative estimate of drug-likeness (QED) is 0.590. The predicted molar refractivity (Wildman–Crippen MR) is 97.4 cm³/mol. The van der Waals surface area contributed by atoms with Gasteiger partial charge in [-0.25, -0.2) is 0 Å². The maximum absolute atomic E-state index is 6.73. The average molecular weight is 337 g/mol. The molecule has 1 aliphatic rings. The molecule has 4 heteroatoms. The second-order valence-corrected chi connectivity index (χ2v) is 10.9. The summed E-state index contributed by atoms with van der Waals surface area (Å²) >= 11 is 0. The molecule has 0 spiro atoms. The Kier molecular flexibility index (Phi) is 6.68. The second kappa shape index (κ2) is 8.31. The van der Waals surface area contributed by atoms with Gasteiger partial charge in [-0.1, -0.05) is 46.2 Å². The van der Waals surface area contributed by atoms with Crippen molar-refractivity contribution in [3.8, 4) is 5.75 Å². The summed E-state index contributed by atoms with van der Waals surface area (Å²) in [7, 11) is -1.74. The van der Waals surface area contributed by atoms with Gasteiger partial charge in [-0.05, 0) is 36.7 Å². The normalized spacial score (nSPS) is 17.9. The first kappa shape index (κ1) is 18.5. The maximum atomic E-state index is 6.73. The summed E-state index contributed by atoms with van der Waals surface area (Å²) in [6, 6.07) is 11.8. The van der Waals surface area contributed by atoms with Crippen LogP contribution in [0.2, 0.25) is 18.1 Å². The minimum Gasteiger partial charge on any atom is -0.543 e. The third kappa shape index (κ3) is 3.98. The molecule has 130 valence electrons. The molecule has 0 aliphatic carbocycles. The van der Waals surface area contributed by atoms with Crippen molar-refractivity contribution in [2.45, 2.75) is 70.9 Å². The molecular formula is C19H32O3Si. The van der Waals surface area contributed by atoms with Gasteiger partial charge >= 0.3 is 0 Å². The molecule has 1 saturated heterocycles. The first-order valence-corrected chi connectivity index (χ1v) is 11.7. The Morgan fingerprint density at radius 1 is 1.04 bits per heavy atom. The topological polar surface area (TPSA) is 27.7 Å². The number of rotatable bonds is 8. The number of ether oxygens (including phenoxy) is 2. The molecule has 0 unspecified atom stereocenters. The van der Waals surface area contributed by atoms with Crippen LogP contribution < -0.4 is 4.43 Å². The van der Waals surface area contributed by atoms with Crippen molar-refractivity contribution in [3.63, 3.8) is 0 Å². The zero-order valence-electron chi connectivity index (χ0n) is 15.2. The summed E-state index contributed by atoms with van der Waals surface area (Å²) in [5, 5.41) is 0. The van der Waals surface area contributed by atoms with Crippen LogP contribution in [-0.4, -0.2) is 21.5 Å². The zero-order valence-corrected chi connectivity index (χ0v) is 16.2. The van der Waals surface area contributed by atoms with E-state index in [1.807, 2.05) is 0 Å². The van der Waals surface area contributed by atoms with Gasteiger partial charge in [0.05, 0.1) is 18.8 Å². The number of benzene rings is 1. The molecule has 1 fully saturated rings. The second-order valence-electron chi connectivity index (χ2n) is 6.40. The summed E-state index contributed by atoms with van der Waals surface area (Å²) in [6.45, 7) is 10.4. The fourth-order valence-corrected chi connectivity index (χ4v) is 6.64. The lowest BCUT2D eigenvalue weighted by Gasteiger charge is -2.39. The Morgan fingerprint density at radius 2 is 1.70 bits per heavy atom. The smallest absolute Gasteiger partial charge is 0.250 e. The van der Waals surface area contributed by atoms with Crippen LogP contribution in [0.15, 0.2) is 24.3 Å². The maximum Gasteiger partial charge on any atom is 0.250 e. The molecule has 3 nitrogen and oxygen atoms in total. The Morgan fingerprint density at radius 3 is 2.26 bits per heavy atom. The third-order valence-electron chi connectivity index (χ3n) is 5.04. The number of hydrogen-bond donors (Lipinski definition) is 0.